The predicted molar refractivity (Wildman–Crippen MR) is 104 cm³/mol. The van der Waals surface area contributed by atoms with E-state index in [4.69, 9.17) is 0 Å². The fourth-order valence-corrected chi connectivity index (χ4v) is 4.03. The van der Waals surface area contributed by atoms with Crippen LogP contribution in [0.2, 0.25) is 0 Å². The van der Waals surface area contributed by atoms with Crippen LogP contribution in [0.4, 0.5) is 5.69 Å². The molecule has 132 valence electrons. The summed E-state index contributed by atoms with van der Waals surface area (Å²) >= 11 is 1.50. The molecular weight excluding hydrogens is 346 g/mol. The van der Waals surface area contributed by atoms with Crippen molar-refractivity contribution in [3.05, 3.63) is 59.1 Å². The highest BCUT2D eigenvalue weighted by atomic mass is 32.1. The van der Waals surface area contributed by atoms with Crippen molar-refractivity contribution in [2.75, 3.05) is 5.32 Å². The van der Waals surface area contributed by atoms with Crippen LogP contribution >= 0.6 is 11.3 Å². The van der Waals surface area contributed by atoms with Crippen molar-refractivity contribution >= 4 is 39.1 Å². The van der Waals surface area contributed by atoms with E-state index in [1.807, 2.05) is 24.3 Å². The molecule has 2 aromatic carbocycles. The molecule has 4 rings (SSSR count). The summed E-state index contributed by atoms with van der Waals surface area (Å²) in [4.78, 5) is 29.5. The Hall–Kier alpha value is -2.73. The minimum atomic E-state index is -0.235. The number of aromatic nitrogens is 1. The van der Waals surface area contributed by atoms with E-state index < -0.39 is 0 Å². The van der Waals surface area contributed by atoms with Gasteiger partial charge in [0, 0.05) is 11.6 Å². The molecular formula is C20H19N3O2S. The second-order valence-electron chi connectivity index (χ2n) is 6.49. The SMILES string of the molecule is O=C(Nc1ccccc1C(=O)NC1CCCC1)c1ccc2ncsc2c1. The van der Waals surface area contributed by atoms with Gasteiger partial charge in [0.2, 0.25) is 0 Å². The third kappa shape index (κ3) is 3.46. The number of nitrogens with one attached hydrogen (secondary N) is 2. The molecule has 0 saturated heterocycles. The number of benzene rings is 2. The van der Waals surface area contributed by atoms with Crippen molar-refractivity contribution < 1.29 is 9.59 Å². The summed E-state index contributed by atoms with van der Waals surface area (Å²) in [6.45, 7) is 0. The largest absolute Gasteiger partial charge is 0.349 e. The van der Waals surface area contributed by atoms with Gasteiger partial charge < -0.3 is 10.6 Å². The molecule has 2 amide bonds. The summed E-state index contributed by atoms with van der Waals surface area (Å²) in [7, 11) is 0. The molecule has 0 aliphatic heterocycles. The number of rotatable bonds is 4. The van der Waals surface area contributed by atoms with Gasteiger partial charge in [-0.3, -0.25) is 9.59 Å². The molecule has 1 aromatic heterocycles. The van der Waals surface area contributed by atoms with Crippen LogP contribution in [0.15, 0.2) is 48.0 Å². The van der Waals surface area contributed by atoms with E-state index >= 15 is 0 Å². The van der Waals surface area contributed by atoms with E-state index in [1.54, 1.807) is 23.7 Å². The van der Waals surface area contributed by atoms with Gasteiger partial charge in [0.05, 0.1) is 27.0 Å². The summed E-state index contributed by atoms with van der Waals surface area (Å²) < 4.78 is 0.963. The van der Waals surface area contributed by atoms with Crippen LogP contribution in [0.5, 0.6) is 0 Å². The van der Waals surface area contributed by atoms with Gasteiger partial charge >= 0.3 is 0 Å². The number of carbonyl (C=O) groups is 2. The van der Waals surface area contributed by atoms with Gasteiger partial charge in [-0.25, -0.2) is 4.98 Å². The van der Waals surface area contributed by atoms with Crippen LogP contribution in [0.25, 0.3) is 10.2 Å². The van der Waals surface area contributed by atoms with Crippen LogP contribution < -0.4 is 10.6 Å². The zero-order chi connectivity index (χ0) is 17.9. The summed E-state index contributed by atoms with van der Waals surface area (Å²) in [5.41, 5.74) is 4.20. The monoisotopic (exact) mass is 365 g/mol. The molecule has 0 radical (unpaired) electrons. The highest BCUT2D eigenvalue weighted by Crippen LogP contribution is 2.22. The first-order valence-corrected chi connectivity index (χ1v) is 9.63. The van der Waals surface area contributed by atoms with E-state index in [9.17, 15) is 9.59 Å². The number of hydrogen-bond donors (Lipinski definition) is 2. The lowest BCUT2D eigenvalue weighted by molar-refractivity contribution is 0.0939. The summed E-state index contributed by atoms with van der Waals surface area (Å²) in [6, 6.07) is 12.8. The van der Waals surface area contributed by atoms with Crippen LogP contribution in [0.1, 0.15) is 46.4 Å². The fourth-order valence-electron chi connectivity index (χ4n) is 3.31. The fraction of sp³-hybridized carbons (Fsp3) is 0.250. The second kappa shape index (κ2) is 7.25. The topological polar surface area (TPSA) is 71.1 Å². The first kappa shape index (κ1) is 16.7. The first-order chi connectivity index (χ1) is 12.7. The molecule has 1 fully saturated rings. The van der Waals surface area contributed by atoms with Crippen LogP contribution in [0, 0.1) is 0 Å². The number of carbonyl (C=O) groups excluding carboxylic acids is 2. The van der Waals surface area contributed by atoms with Gasteiger partial charge in [0.25, 0.3) is 11.8 Å². The highest BCUT2D eigenvalue weighted by molar-refractivity contribution is 7.16. The second-order valence-corrected chi connectivity index (χ2v) is 7.38. The van der Waals surface area contributed by atoms with Crippen molar-refractivity contribution in [1.29, 1.82) is 0 Å². The third-order valence-electron chi connectivity index (χ3n) is 4.70. The molecule has 0 unspecified atom stereocenters. The summed E-state index contributed by atoms with van der Waals surface area (Å²) in [6.07, 6.45) is 4.36. The maximum atomic E-state index is 12.6. The molecule has 2 N–H and O–H groups in total. The molecule has 5 nitrogen and oxygen atoms in total. The minimum absolute atomic E-state index is 0.134. The first-order valence-electron chi connectivity index (χ1n) is 8.75. The molecule has 6 heteroatoms. The Morgan fingerprint density at radius 1 is 1.04 bits per heavy atom. The van der Waals surface area contributed by atoms with E-state index in [-0.39, 0.29) is 17.9 Å². The Morgan fingerprint density at radius 3 is 2.69 bits per heavy atom. The van der Waals surface area contributed by atoms with Crippen molar-refractivity contribution in [1.82, 2.24) is 10.3 Å². The van der Waals surface area contributed by atoms with Crippen LogP contribution in [-0.4, -0.2) is 22.8 Å². The molecule has 1 aliphatic carbocycles. The van der Waals surface area contributed by atoms with E-state index in [1.165, 1.54) is 11.3 Å². The highest BCUT2D eigenvalue weighted by Gasteiger charge is 2.20. The molecule has 0 bridgehead atoms. The predicted octanol–water partition coefficient (Wildman–Crippen LogP) is 4.22. The standard InChI is InChI=1S/C20H19N3O2S/c24-19(13-9-10-17-18(11-13)26-12-21-17)23-16-8-4-3-7-15(16)20(25)22-14-5-1-2-6-14/h3-4,7-12,14H,1-2,5-6H2,(H,22,25)(H,23,24). The van der Waals surface area contributed by atoms with Crippen LogP contribution in [0.3, 0.4) is 0 Å². The quantitative estimate of drug-likeness (QED) is 0.727. The van der Waals surface area contributed by atoms with Gasteiger partial charge in [-0.05, 0) is 43.2 Å². The van der Waals surface area contributed by atoms with E-state index in [2.05, 4.69) is 15.6 Å². The van der Waals surface area contributed by atoms with Gasteiger partial charge in [-0.1, -0.05) is 25.0 Å². The van der Waals surface area contributed by atoms with Gasteiger partial charge in [-0.15, -0.1) is 11.3 Å². The maximum Gasteiger partial charge on any atom is 0.255 e. The Labute approximate surface area is 155 Å². The number of thiazole rings is 1. The van der Waals surface area contributed by atoms with Crippen molar-refractivity contribution in [3.8, 4) is 0 Å². The molecule has 0 spiro atoms. The summed E-state index contributed by atoms with van der Waals surface area (Å²) in [5, 5.41) is 5.95. The number of anilines is 1. The molecule has 1 saturated carbocycles. The molecule has 26 heavy (non-hydrogen) atoms. The van der Waals surface area contributed by atoms with Crippen molar-refractivity contribution in [3.63, 3.8) is 0 Å². The lowest BCUT2D eigenvalue weighted by atomic mass is 10.1. The Bertz CT molecular complexity index is 960. The number of amides is 2. The Morgan fingerprint density at radius 2 is 1.85 bits per heavy atom. The Balaban J connectivity index is 1.53. The lowest BCUT2D eigenvalue weighted by Crippen LogP contribution is -2.33. The van der Waals surface area contributed by atoms with Gasteiger partial charge in [-0.2, -0.15) is 0 Å². The maximum absolute atomic E-state index is 12.6. The smallest absolute Gasteiger partial charge is 0.255 e. The van der Waals surface area contributed by atoms with Crippen LogP contribution in [-0.2, 0) is 0 Å². The third-order valence-corrected chi connectivity index (χ3v) is 5.50. The molecule has 0 atom stereocenters. The van der Waals surface area contributed by atoms with Gasteiger partial charge in [0.15, 0.2) is 0 Å². The number of nitrogens with zero attached hydrogens (tertiary/aromatic N) is 1. The molecule has 3 aromatic rings. The molecule has 1 aliphatic rings. The number of para-hydroxylation sites is 1. The lowest BCUT2D eigenvalue weighted by Gasteiger charge is -2.15. The zero-order valence-electron chi connectivity index (χ0n) is 14.2. The molecule has 1 heterocycles. The van der Waals surface area contributed by atoms with Crippen molar-refractivity contribution in [2.45, 2.75) is 31.7 Å². The van der Waals surface area contributed by atoms with Gasteiger partial charge in [0.1, 0.15) is 0 Å². The minimum Gasteiger partial charge on any atom is -0.349 e. The zero-order valence-corrected chi connectivity index (χ0v) is 15.0. The summed E-state index contributed by atoms with van der Waals surface area (Å²) in [5.74, 6) is -0.368. The number of hydrogen-bond acceptors (Lipinski definition) is 4. The normalized spacial score (nSPS) is 14.5. The number of fused-ring (bicyclic) bond motifs is 1. The van der Waals surface area contributed by atoms with E-state index in [0.29, 0.717) is 16.8 Å². The average molecular weight is 365 g/mol. The Kier molecular flexibility index (Phi) is 4.67. The van der Waals surface area contributed by atoms with Crippen molar-refractivity contribution in [2.24, 2.45) is 0 Å². The van der Waals surface area contributed by atoms with E-state index in [0.717, 1.165) is 35.9 Å². The average Bonchev–Trinajstić information content (AvgIpc) is 3.32.